The van der Waals surface area contributed by atoms with Gasteiger partial charge >= 0.3 is 0 Å². The topological polar surface area (TPSA) is 76.7 Å². The van der Waals surface area contributed by atoms with Crippen molar-refractivity contribution in [3.8, 4) is 11.5 Å². The van der Waals surface area contributed by atoms with E-state index in [4.69, 9.17) is 9.47 Å². The summed E-state index contributed by atoms with van der Waals surface area (Å²) < 4.78 is 11.3. The number of rotatable bonds is 10. The summed E-state index contributed by atoms with van der Waals surface area (Å²) in [5.74, 6) is 1.21. The fraction of sp³-hybridized carbons (Fsp3) is 0.286. The molecule has 0 aliphatic carbocycles. The van der Waals surface area contributed by atoms with Crippen molar-refractivity contribution in [1.82, 2.24) is 10.6 Å². The first-order valence-electron chi connectivity index (χ1n) is 11.5. The Hall–Kier alpha value is -3.80. The van der Waals surface area contributed by atoms with Gasteiger partial charge in [-0.2, -0.15) is 0 Å². The van der Waals surface area contributed by atoms with E-state index >= 15 is 0 Å². The Labute approximate surface area is 201 Å². The highest BCUT2D eigenvalue weighted by molar-refractivity contribution is 5.97. The summed E-state index contributed by atoms with van der Waals surface area (Å²) in [5, 5.41) is 5.79. The summed E-state index contributed by atoms with van der Waals surface area (Å²) >= 11 is 0. The maximum absolute atomic E-state index is 12.5. The molecule has 0 radical (unpaired) electrons. The molecule has 3 rings (SSSR count). The molecule has 178 valence electrons. The molecular weight excluding hydrogens is 428 g/mol. The lowest BCUT2D eigenvalue weighted by atomic mass is 10.1. The van der Waals surface area contributed by atoms with E-state index in [1.165, 1.54) is 0 Å². The second-order valence-corrected chi connectivity index (χ2v) is 8.56. The highest BCUT2D eigenvalue weighted by Gasteiger charge is 2.09. The summed E-state index contributed by atoms with van der Waals surface area (Å²) in [6.07, 6.45) is 0.235. The van der Waals surface area contributed by atoms with Crippen molar-refractivity contribution in [3.05, 3.63) is 95.1 Å². The highest BCUT2D eigenvalue weighted by atomic mass is 16.5. The van der Waals surface area contributed by atoms with E-state index in [9.17, 15) is 9.59 Å². The number of amides is 2. The zero-order valence-electron chi connectivity index (χ0n) is 20.1. The molecular formula is C28H32N2O4. The molecule has 0 heterocycles. The molecule has 6 heteroatoms. The van der Waals surface area contributed by atoms with Crippen LogP contribution >= 0.6 is 0 Å². The molecule has 3 aromatic carbocycles. The largest absolute Gasteiger partial charge is 0.491 e. The Morgan fingerprint density at radius 2 is 0.912 bits per heavy atom. The minimum absolute atomic E-state index is 0.117. The predicted octanol–water partition coefficient (Wildman–Crippen LogP) is 5.12. The third-order valence-electron chi connectivity index (χ3n) is 4.91. The fourth-order valence-corrected chi connectivity index (χ4v) is 3.26. The summed E-state index contributed by atoms with van der Waals surface area (Å²) in [6.45, 7) is 8.72. The first-order chi connectivity index (χ1) is 16.3. The molecule has 3 aromatic rings. The molecule has 0 saturated carbocycles. The second-order valence-electron chi connectivity index (χ2n) is 8.56. The third-order valence-corrected chi connectivity index (χ3v) is 4.91. The molecule has 0 bridgehead atoms. The van der Waals surface area contributed by atoms with Gasteiger partial charge in [0.05, 0.1) is 12.2 Å². The van der Waals surface area contributed by atoms with Gasteiger partial charge in [-0.3, -0.25) is 9.59 Å². The van der Waals surface area contributed by atoms with Crippen LogP contribution in [0, 0.1) is 0 Å². The molecule has 6 nitrogen and oxygen atoms in total. The molecule has 0 aliphatic rings. The van der Waals surface area contributed by atoms with E-state index < -0.39 is 0 Å². The standard InChI is InChI=1S/C28H32N2O4/c1-19(2)33-25-13-5-21(6-14-25)17-29-27(31)23-9-11-24(12-10-23)28(32)30-18-22-7-15-26(16-8-22)34-20(3)4/h5-16,19-20H,17-18H2,1-4H3,(H,29,31)(H,30,32). The maximum atomic E-state index is 12.5. The Bertz CT molecular complexity index is 984. The summed E-state index contributed by atoms with van der Waals surface area (Å²) in [6, 6.07) is 21.9. The molecule has 2 amide bonds. The van der Waals surface area contributed by atoms with E-state index in [-0.39, 0.29) is 24.0 Å². The number of ether oxygens (including phenoxy) is 2. The molecule has 34 heavy (non-hydrogen) atoms. The Balaban J connectivity index is 1.47. The van der Waals surface area contributed by atoms with Gasteiger partial charge in [-0.15, -0.1) is 0 Å². The van der Waals surface area contributed by atoms with E-state index in [1.54, 1.807) is 24.3 Å². The van der Waals surface area contributed by atoms with Gasteiger partial charge in [0.15, 0.2) is 0 Å². The fourth-order valence-electron chi connectivity index (χ4n) is 3.26. The molecule has 2 N–H and O–H groups in total. The SMILES string of the molecule is CC(C)Oc1ccc(CNC(=O)c2ccc(C(=O)NCc3ccc(OC(C)C)cc3)cc2)cc1. The zero-order chi connectivity index (χ0) is 24.5. The Kier molecular flexibility index (Phi) is 8.68. The van der Waals surface area contributed by atoms with Gasteiger partial charge < -0.3 is 20.1 Å². The number of carbonyl (C=O) groups is 2. The normalized spacial score (nSPS) is 10.8. The smallest absolute Gasteiger partial charge is 0.251 e. The van der Waals surface area contributed by atoms with Crippen LogP contribution in [0.4, 0.5) is 0 Å². The van der Waals surface area contributed by atoms with Crippen molar-refractivity contribution in [2.75, 3.05) is 0 Å². The van der Waals surface area contributed by atoms with Crippen LogP contribution in [0.2, 0.25) is 0 Å². The molecule has 0 aromatic heterocycles. The summed E-state index contributed by atoms with van der Waals surface area (Å²) in [5.41, 5.74) is 2.95. The lowest BCUT2D eigenvalue weighted by molar-refractivity contribution is 0.0939. The minimum Gasteiger partial charge on any atom is -0.491 e. The van der Waals surface area contributed by atoms with Crippen LogP contribution in [0.15, 0.2) is 72.8 Å². The van der Waals surface area contributed by atoms with Crippen molar-refractivity contribution >= 4 is 11.8 Å². The lowest BCUT2D eigenvalue weighted by Crippen LogP contribution is -2.24. The van der Waals surface area contributed by atoms with Gasteiger partial charge in [0.1, 0.15) is 11.5 Å². The lowest BCUT2D eigenvalue weighted by Gasteiger charge is -2.11. The Morgan fingerprint density at radius 3 is 1.21 bits per heavy atom. The van der Waals surface area contributed by atoms with Crippen LogP contribution in [0.1, 0.15) is 59.5 Å². The molecule has 0 aliphatic heterocycles. The quantitative estimate of drug-likeness (QED) is 0.440. The van der Waals surface area contributed by atoms with Gasteiger partial charge in [0.2, 0.25) is 0 Å². The van der Waals surface area contributed by atoms with Crippen LogP contribution in [-0.2, 0) is 13.1 Å². The van der Waals surface area contributed by atoms with Gasteiger partial charge in [0, 0.05) is 24.2 Å². The van der Waals surface area contributed by atoms with Gasteiger partial charge in [-0.25, -0.2) is 0 Å². The van der Waals surface area contributed by atoms with Crippen LogP contribution in [-0.4, -0.2) is 24.0 Å². The first-order valence-corrected chi connectivity index (χ1v) is 11.5. The van der Waals surface area contributed by atoms with E-state index in [1.807, 2.05) is 76.2 Å². The molecule has 0 fully saturated rings. The summed E-state index contributed by atoms with van der Waals surface area (Å²) in [4.78, 5) is 24.9. The van der Waals surface area contributed by atoms with Crippen molar-refractivity contribution in [2.45, 2.75) is 53.0 Å². The molecule has 0 spiro atoms. The van der Waals surface area contributed by atoms with Crippen LogP contribution in [0.5, 0.6) is 11.5 Å². The first kappa shape index (κ1) is 24.8. The van der Waals surface area contributed by atoms with E-state index in [2.05, 4.69) is 10.6 Å². The van der Waals surface area contributed by atoms with Gasteiger partial charge in [0.25, 0.3) is 11.8 Å². The number of hydrogen-bond acceptors (Lipinski definition) is 4. The van der Waals surface area contributed by atoms with Crippen molar-refractivity contribution in [1.29, 1.82) is 0 Å². The molecule has 0 unspecified atom stereocenters. The number of hydrogen-bond donors (Lipinski definition) is 2. The van der Waals surface area contributed by atoms with Crippen LogP contribution in [0.25, 0.3) is 0 Å². The van der Waals surface area contributed by atoms with Crippen molar-refractivity contribution in [2.24, 2.45) is 0 Å². The number of carbonyl (C=O) groups excluding carboxylic acids is 2. The highest BCUT2D eigenvalue weighted by Crippen LogP contribution is 2.15. The van der Waals surface area contributed by atoms with E-state index in [0.717, 1.165) is 22.6 Å². The van der Waals surface area contributed by atoms with Crippen LogP contribution in [0.3, 0.4) is 0 Å². The van der Waals surface area contributed by atoms with E-state index in [0.29, 0.717) is 24.2 Å². The average molecular weight is 461 g/mol. The third kappa shape index (κ3) is 7.66. The molecule has 0 saturated heterocycles. The predicted molar refractivity (Wildman–Crippen MR) is 133 cm³/mol. The minimum atomic E-state index is -0.196. The average Bonchev–Trinajstić information content (AvgIpc) is 2.82. The zero-order valence-corrected chi connectivity index (χ0v) is 20.1. The van der Waals surface area contributed by atoms with Crippen molar-refractivity contribution in [3.63, 3.8) is 0 Å². The molecule has 0 atom stereocenters. The monoisotopic (exact) mass is 460 g/mol. The van der Waals surface area contributed by atoms with Gasteiger partial charge in [-0.1, -0.05) is 24.3 Å². The number of benzene rings is 3. The second kappa shape index (κ2) is 11.9. The van der Waals surface area contributed by atoms with Gasteiger partial charge in [-0.05, 0) is 87.4 Å². The number of nitrogens with one attached hydrogen (secondary N) is 2. The van der Waals surface area contributed by atoms with Crippen LogP contribution < -0.4 is 20.1 Å². The van der Waals surface area contributed by atoms with Crippen molar-refractivity contribution < 1.29 is 19.1 Å². The summed E-state index contributed by atoms with van der Waals surface area (Å²) in [7, 11) is 0. The Morgan fingerprint density at radius 1 is 0.588 bits per heavy atom. The maximum Gasteiger partial charge on any atom is 0.251 e.